The zero-order chi connectivity index (χ0) is 19.5. The Kier molecular flexibility index (Phi) is 8.36. The molecule has 144 valence electrons. The van der Waals surface area contributed by atoms with Crippen LogP contribution in [-0.4, -0.2) is 31.6 Å². The average molecular weight is 369 g/mol. The SMILES string of the molecule is COc1ccc(CCC(=O)OCC(=O)N[C@H](C)CCc2ccccc2)cc1. The summed E-state index contributed by atoms with van der Waals surface area (Å²) >= 11 is 0. The Balaban J connectivity index is 1.61. The summed E-state index contributed by atoms with van der Waals surface area (Å²) in [5, 5.41) is 2.86. The van der Waals surface area contributed by atoms with E-state index in [0.29, 0.717) is 6.42 Å². The lowest BCUT2D eigenvalue weighted by Gasteiger charge is -2.14. The minimum atomic E-state index is -0.377. The lowest BCUT2D eigenvalue weighted by Crippen LogP contribution is -2.36. The van der Waals surface area contributed by atoms with Crippen LogP contribution in [0.2, 0.25) is 0 Å². The van der Waals surface area contributed by atoms with Crippen molar-refractivity contribution in [1.82, 2.24) is 5.32 Å². The molecule has 1 atom stereocenters. The quantitative estimate of drug-likeness (QED) is 0.653. The number of rotatable bonds is 10. The molecule has 27 heavy (non-hydrogen) atoms. The number of amides is 1. The highest BCUT2D eigenvalue weighted by atomic mass is 16.5. The molecule has 1 amide bonds. The molecule has 0 heterocycles. The molecule has 0 saturated carbocycles. The molecule has 2 rings (SSSR count). The van der Waals surface area contributed by atoms with Crippen molar-refractivity contribution in [3.63, 3.8) is 0 Å². The summed E-state index contributed by atoms with van der Waals surface area (Å²) in [5.41, 5.74) is 2.26. The Bertz CT molecular complexity index is 713. The van der Waals surface area contributed by atoms with Gasteiger partial charge in [-0.2, -0.15) is 0 Å². The van der Waals surface area contributed by atoms with Gasteiger partial charge in [-0.25, -0.2) is 0 Å². The minimum absolute atomic E-state index is 0.0238. The molecule has 0 bridgehead atoms. The van der Waals surface area contributed by atoms with Crippen LogP contribution in [0.25, 0.3) is 0 Å². The fourth-order valence-corrected chi connectivity index (χ4v) is 2.67. The molecule has 0 aromatic heterocycles. The number of ether oxygens (including phenoxy) is 2. The highest BCUT2D eigenvalue weighted by molar-refractivity contribution is 5.80. The van der Waals surface area contributed by atoms with Crippen LogP contribution >= 0.6 is 0 Å². The first-order chi connectivity index (χ1) is 13.1. The van der Waals surface area contributed by atoms with E-state index in [4.69, 9.17) is 9.47 Å². The number of hydrogen-bond donors (Lipinski definition) is 1. The third kappa shape index (κ3) is 7.94. The molecule has 0 saturated heterocycles. The lowest BCUT2D eigenvalue weighted by atomic mass is 10.1. The van der Waals surface area contributed by atoms with E-state index in [1.54, 1.807) is 7.11 Å². The Morgan fingerprint density at radius 3 is 2.30 bits per heavy atom. The average Bonchev–Trinajstić information content (AvgIpc) is 2.70. The van der Waals surface area contributed by atoms with Crippen molar-refractivity contribution in [2.45, 2.75) is 38.6 Å². The largest absolute Gasteiger partial charge is 0.497 e. The molecule has 0 aliphatic carbocycles. The molecule has 0 aliphatic rings. The predicted octanol–water partition coefficient (Wildman–Crippen LogP) is 3.31. The lowest BCUT2D eigenvalue weighted by molar-refractivity contribution is -0.148. The van der Waals surface area contributed by atoms with Crippen LogP contribution in [0.15, 0.2) is 54.6 Å². The van der Waals surface area contributed by atoms with Crippen LogP contribution in [0.3, 0.4) is 0 Å². The van der Waals surface area contributed by atoms with Crippen molar-refractivity contribution in [1.29, 1.82) is 0 Å². The molecule has 2 aromatic rings. The molecule has 0 aliphatic heterocycles. The molecule has 0 unspecified atom stereocenters. The molecule has 0 spiro atoms. The molecule has 0 fully saturated rings. The van der Waals surface area contributed by atoms with Crippen molar-refractivity contribution < 1.29 is 19.1 Å². The fraction of sp³-hybridized carbons (Fsp3) is 0.364. The standard InChI is InChI=1S/C22H27NO4/c1-17(8-9-18-6-4-3-5-7-18)23-21(24)16-27-22(25)15-12-19-10-13-20(26-2)14-11-19/h3-7,10-11,13-14,17H,8-9,12,15-16H2,1-2H3,(H,23,24)/t17-/m1/s1. The second kappa shape index (κ2) is 11.0. The van der Waals surface area contributed by atoms with E-state index in [1.165, 1.54) is 5.56 Å². The molecular formula is C22H27NO4. The van der Waals surface area contributed by atoms with Crippen LogP contribution in [-0.2, 0) is 27.2 Å². The maximum Gasteiger partial charge on any atom is 0.306 e. The van der Waals surface area contributed by atoms with E-state index in [1.807, 2.05) is 49.4 Å². The minimum Gasteiger partial charge on any atom is -0.497 e. The maximum absolute atomic E-state index is 11.9. The number of carbonyl (C=O) groups is 2. The Morgan fingerprint density at radius 1 is 0.963 bits per heavy atom. The summed E-state index contributed by atoms with van der Waals surface area (Å²) in [5.74, 6) is 0.130. The summed E-state index contributed by atoms with van der Waals surface area (Å²) in [6, 6.07) is 17.7. The van der Waals surface area contributed by atoms with E-state index >= 15 is 0 Å². The third-order valence-electron chi connectivity index (χ3n) is 4.26. The Hall–Kier alpha value is -2.82. The first kappa shape index (κ1) is 20.5. The normalized spacial score (nSPS) is 11.5. The van der Waals surface area contributed by atoms with Crippen LogP contribution < -0.4 is 10.1 Å². The van der Waals surface area contributed by atoms with Crippen molar-refractivity contribution in [3.8, 4) is 5.75 Å². The van der Waals surface area contributed by atoms with Gasteiger partial charge in [0.15, 0.2) is 6.61 Å². The number of hydrogen-bond acceptors (Lipinski definition) is 4. The van der Waals surface area contributed by atoms with Gasteiger partial charge < -0.3 is 14.8 Å². The van der Waals surface area contributed by atoms with E-state index in [-0.39, 0.29) is 30.9 Å². The molecule has 2 aromatic carbocycles. The number of benzene rings is 2. The van der Waals surface area contributed by atoms with Gasteiger partial charge >= 0.3 is 5.97 Å². The number of esters is 1. The zero-order valence-corrected chi connectivity index (χ0v) is 15.9. The van der Waals surface area contributed by atoms with Crippen molar-refractivity contribution in [2.24, 2.45) is 0 Å². The molecule has 0 radical (unpaired) electrons. The smallest absolute Gasteiger partial charge is 0.306 e. The van der Waals surface area contributed by atoms with Crippen molar-refractivity contribution in [2.75, 3.05) is 13.7 Å². The van der Waals surface area contributed by atoms with Crippen molar-refractivity contribution in [3.05, 3.63) is 65.7 Å². The highest BCUT2D eigenvalue weighted by Gasteiger charge is 2.11. The first-order valence-electron chi connectivity index (χ1n) is 9.18. The van der Waals surface area contributed by atoms with Gasteiger partial charge in [-0.15, -0.1) is 0 Å². The first-order valence-corrected chi connectivity index (χ1v) is 9.18. The van der Waals surface area contributed by atoms with Crippen LogP contribution in [0.1, 0.15) is 30.9 Å². The van der Waals surface area contributed by atoms with Gasteiger partial charge in [-0.1, -0.05) is 42.5 Å². The van der Waals surface area contributed by atoms with E-state index in [2.05, 4.69) is 17.4 Å². The molecule has 5 heteroatoms. The van der Waals surface area contributed by atoms with Gasteiger partial charge in [-0.05, 0) is 49.4 Å². The topological polar surface area (TPSA) is 64.6 Å². The highest BCUT2D eigenvalue weighted by Crippen LogP contribution is 2.12. The summed E-state index contributed by atoms with van der Waals surface area (Å²) < 4.78 is 10.2. The van der Waals surface area contributed by atoms with Gasteiger partial charge in [0.2, 0.25) is 0 Å². The number of methoxy groups -OCH3 is 1. The zero-order valence-electron chi connectivity index (χ0n) is 15.9. The second-order valence-electron chi connectivity index (χ2n) is 6.50. The van der Waals surface area contributed by atoms with Gasteiger partial charge in [0.25, 0.3) is 5.91 Å². The monoisotopic (exact) mass is 369 g/mol. The second-order valence-corrected chi connectivity index (χ2v) is 6.50. The number of aryl methyl sites for hydroxylation is 2. The van der Waals surface area contributed by atoms with E-state index < -0.39 is 0 Å². The van der Waals surface area contributed by atoms with Gasteiger partial charge in [0, 0.05) is 12.5 Å². The Labute approximate surface area is 160 Å². The fourth-order valence-electron chi connectivity index (χ4n) is 2.67. The maximum atomic E-state index is 11.9. The summed E-state index contributed by atoms with van der Waals surface area (Å²) in [4.78, 5) is 23.7. The van der Waals surface area contributed by atoms with E-state index in [9.17, 15) is 9.59 Å². The van der Waals surface area contributed by atoms with E-state index in [0.717, 1.165) is 24.2 Å². The van der Waals surface area contributed by atoms with Gasteiger partial charge in [0.05, 0.1) is 7.11 Å². The summed E-state index contributed by atoms with van der Waals surface area (Å²) in [7, 11) is 1.61. The molecular weight excluding hydrogens is 342 g/mol. The van der Waals surface area contributed by atoms with Gasteiger partial charge in [0.1, 0.15) is 5.75 Å². The Morgan fingerprint density at radius 2 is 1.63 bits per heavy atom. The van der Waals surface area contributed by atoms with Crippen LogP contribution in [0.5, 0.6) is 5.75 Å². The molecule has 5 nitrogen and oxygen atoms in total. The number of carbonyl (C=O) groups excluding carboxylic acids is 2. The van der Waals surface area contributed by atoms with Crippen LogP contribution in [0.4, 0.5) is 0 Å². The third-order valence-corrected chi connectivity index (χ3v) is 4.26. The van der Waals surface area contributed by atoms with Gasteiger partial charge in [-0.3, -0.25) is 9.59 Å². The number of nitrogens with one attached hydrogen (secondary N) is 1. The van der Waals surface area contributed by atoms with Crippen molar-refractivity contribution >= 4 is 11.9 Å². The molecule has 1 N–H and O–H groups in total. The van der Waals surface area contributed by atoms with Crippen LogP contribution in [0, 0.1) is 0 Å². The summed E-state index contributed by atoms with van der Waals surface area (Å²) in [6.45, 7) is 1.71. The summed E-state index contributed by atoms with van der Waals surface area (Å²) in [6.07, 6.45) is 2.53. The predicted molar refractivity (Wildman–Crippen MR) is 105 cm³/mol.